The second-order valence-corrected chi connectivity index (χ2v) is 9.93. The number of sulfone groups is 1. The molecular formula is C16H17ClN2O7S2. The molecule has 0 unspecified atom stereocenters. The van der Waals surface area contributed by atoms with Gasteiger partial charge in [0.2, 0.25) is 0 Å². The molecule has 3 rings (SSSR count). The van der Waals surface area contributed by atoms with E-state index < -0.39 is 34.9 Å². The Morgan fingerprint density at radius 2 is 2.11 bits per heavy atom. The van der Waals surface area contributed by atoms with Crippen LogP contribution in [0.15, 0.2) is 23.2 Å². The fourth-order valence-electron chi connectivity index (χ4n) is 3.04. The van der Waals surface area contributed by atoms with E-state index in [1.54, 1.807) is 23.1 Å². The van der Waals surface area contributed by atoms with Crippen molar-refractivity contribution in [2.45, 2.75) is 11.3 Å². The van der Waals surface area contributed by atoms with E-state index in [0.717, 1.165) is 0 Å². The molecule has 12 heteroatoms. The molecule has 0 spiro atoms. The Bertz CT molecular complexity index is 935. The zero-order valence-electron chi connectivity index (χ0n) is 14.7. The van der Waals surface area contributed by atoms with Crippen molar-refractivity contribution in [2.75, 3.05) is 36.7 Å². The summed E-state index contributed by atoms with van der Waals surface area (Å²) in [5, 5.41) is 8.96. The Balaban J connectivity index is 1.89. The summed E-state index contributed by atoms with van der Waals surface area (Å²) in [5.41, 5.74) is 0.584. The minimum Gasteiger partial charge on any atom is -0.495 e. The Hall–Kier alpha value is -1.82. The van der Waals surface area contributed by atoms with Gasteiger partial charge in [-0.2, -0.15) is 4.99 Å². The molecular weight excluding hydrogens is 432 g/mol. The summed E-state index contributed by atoms with van der Waals surface area (Å²) in [5.74, 6) is -1.45. The standard InChI is InChI=1S/C16H17ClN2O7S2/c1-25-12-3-2-9(4-10(12)17)19-11-7-28(23,24)8-13(11)27-16(19)18-14(20)5-26-6-15(21)22/h2-4,11,13H,5-8H2,1H3,(H,21,22)/t11-,13-/m1/s1. The van der Waals surface area contributed by atoms with Crippen LogP contribution in [0.25, 0.3) is 0 Å². The summed E-state index contributed by atoms with van der Waals surface area (Å²) < 4.78 is 34.0. The molecule has 2 saturated heterocycles. The van der Waals surface area contributed by atoms with E-state index in [0.29, 0.717) is 21.6 Å². The topological polar surface area (TPSA) is 123 Å². The molecule has 0 saturated carbocycles. The summed E-state index contributed by atoms with van der Waals surface area (Å²) >= 11 is 7.40. The van der Waals surface area contributed by atoms with E-state index in [9.17, 15) is 18.0 Å². The van der Waals surface area contributed by atoms with Gasteiger partial charge in [0.25, 0.3) is 5.91 Å². The number of benzene rings is 1. The monoisotopic (exact) mass is 448 g/mol. The van der Waals surface area contributed by atoms with Crippen molar-refractivity contribution in [3.8, 4) is 5.75 Å². The van der Waals surface area contributed by atoms with Gasteiger partial charge in [0.05, 0.1) is 29.7 Å². The summed E-state index contributed by atoms with van der Waals surface area (Å²) in [6, 6.07) is 4.59. The number of carboxylic acids is 1. The van der Waals surface area contributed by atoms with E-state index in [1.165, 1.54) is 18.9 Å². The maximum atomic E-state index is 12.1. The number of fused-ring (bicyclic) bond motifs is 1. The van der Waals surface area contributed by atoms with Gasteiger partial charge >= 0.3 is 5.97 Å². The van der Waals surface area contributed by atoms with Crippen LogP contribution in [0.2, 0.25) is 5.02 Å². The molecule has 1 amide bonds. The van der Waals surface area contributed by atoms with Crippen LogP contribution in [-0.4, -0.2) is 73.7 Å². The van der Waals surface area contributed by atoms with E-state index in [1.807, 2.05) is 0 Å². The lowest BCUT2D eigenvalue weighted by molar-refractivity contribution is -0.143. The number of thioether (sulfide) groups is 1. The van der Waals surface area contributed by atoms with E-state index in [4.69, 9.17) is 26.2 Å². The summed E-state index contributed by atoms with van der Waals surface area (Å²) in [7, 11) is -1.71. The summed E-state index contributed by atoms with van der Waals surface area (Å²) in [6.45, 7) is -1.09. The minimum absolute atomic E-state index is 0.00849. The molecule has 2 atom stereocenters. The molecule has 0 aliphatic carbocycles. The minimum atomic E-state index is -3.20. The second kappa shape index (κ2) is 8.27. The first-order chi connectivity index (χ1) is 13.2. The van der Waals surface area contributed by atoms with Crippen LogP contribution in [0.3, 0.4) is 0 Å². The number of aliphatic carboxylic acids is 1. The van der Waals surface area contributed by atoms with Gasteiger partial charge in [0.1, 0.15) is 19.0 Å². The van der Waals surface area contributed by atoms with Gasteiger partial charge in [-0.05, 0) is 18.2 Å². The first-order valence-electron chi connectivity index (χ1n) is 8.11. The number of carbonyl (C=O) groups is 2. The molecule has 0 radical (unpaired) electrons. The molecule has 2 heterocycles. The van der Waals surface area contributed by atoms with Crippen LogP contribution in [0, 0.1) is 0 Å². The van der Waals surface area contributed by atoms with Gasteiger partial charge in [-0.3, -0.25) is 4.79 Å². The maximum Gasteiger partial charge on any atom is 0.329 e. The first-order valence-corrected chi connectivity index (χ1v) is 11.2. The number of methoxy groups -OCH3 is 1. The highest BCUT2D eigenvalue weighted by Crippen LogP contribution is 2.42. The third-order valence-corrected chi connectivity index (χ3v) is 7.66. The number of hydrogen-bond donors (Lipinski definition) is 1. The predicted octanol–water partition coefficient (Wildman–Crippen LogP) is 1.05. The van der Waals surface area contributed by atoms with Crippen molar-refractivity contribution in [3.05, 3.63) is 23.2 Å². The van der Waals surface area contributed by atoms with Crippen molar-refractivity contribution in [2.24, 2.45) is 4.99 Å². The van der Waals surface area contributed by atoms with Gasteiger partial charge in [-0.25, -0.2) is 13.2 Å². The molecule has 2 aliphatic rings. The van der Waals surface area contributed by atoms with Gasteiger partial charge < -0.3 is 19.5 Å². The zero-order chi connectivity index (χ0) is 20.5. The molecule has 1 aromatic rings. The van der Waals surface area contributed by atoms with Crippen molar-refractivity contribution >= 4 is 55.9 Å². The third-order valence-electron chi connectivity index (χ3n) is 4.15. The molecule has 152 valence electrons. The quantitative estimate of drug-likeness (QED) is 0.680. The summed E-state index contributed by atoms with van der Waals surface area (Å²) in [4.78, 5) is 28.2. The normalized spacial score (nSPS) is 24.4. The van der Waals surface area contributed by atoms with Crippen LogP contribution in [0.4, 0.5) is 5.69 Å². The number of aliphatic imine (C=N–C) groups is 1. The van der Waals surface area contributed by atoms with Gasteiger partial charge in [0.15, 0.2) is 15.0 Å². The number of rotatable bonds is 6. The molecule has 9 nitrogen and oxygen atoms in total. The Labute approximate surface area is 170 Å². The number of halogens is 1. The molecule has 1 N–H and O–H groups in total. The molecule has 2 fully saturated rings. The SMILES string of the molecule is COc1ccc(N2C(=NC(=O)COCC(=O)O)S[C@@H]3CS(=O)(=O)C[C@H]32)cc1Cl. The molecule has 28 heavy (non-hydrogen) atoms. The summed E-state index contributed by atoms with van der Waals surface area (Å²) in [6.07, 6.45) is 0. The fourth-order valence-corrected chi connectivity index (χ4v) is 7.22. The highest BCUT2D eigenvalue weighted by atomic mass is 35.5. The van der Waals surface area contributed by atoms with Crippen LogP contribution < -0.4 is 9.64 Å². The van der Waals surface area contributed by atoms with Crippen LogP contribution >= 0.6 is 23.4 Å². The zero-order valence-corrected chi connectivity index (χ0v) is 17.1. The lowest BCUT2D eigenvalue weighted by Gasteiger charge is -2.25. The number of ether oxygens (including phenoxy) is 2. The smallest absolute Gasteiger partial charge is 0.329 e. The Kier molecular flexibility index (Phi) is 6.18. The Morgan fingerprint density at radius 3 is 2.75 bits per heavy atom. The average Bonchev–Trinajstić information content (AvgIpc) is 3.05. The molecule has 0 aromatic heterocycles. The van der Waals surface area contributed by atoms with E-state index in [-0.39, 0.29) is 22.8 Å². The largest absolute Gasteiger partial charge is 0.495 e. The van der Waals surface area contributed by atoms with Crippen molar-refractivity contribution in [3.63, 3.8) is 0 Å². The van der Waals surface area contributed by atoms with Crippen molar-refractivity contribution in [1.29, 1.82) is 0 Å². The predicted molar refractivity (Wildman–Crippen MR) is 105 cm³/mol. The second-order valence-electron chi connectivity index (χ2n) is 6.16. The Morgan fingerprint density at radius 1 is 1.36 bits per heavy atom. The number of nitrogens with zero attached hydrogens (tertiary/aromatic N) is 2. The fraction of sp³-hybridized carbons (Fsp3) is 0.438. The highest BCUT2D eigenvalue weighted by molar-refractivity contribution is 8.16. The number of amides is 1. The molecule has 0 bridgehead atoms. The van der Waals surface area contributed by atoms with Gasteiger partial charge in [-0.1, -0.05) is 23.4 Å². The highest BCUT2D eigenvalue weighted by Gasteiger charge is 2.49. The molecule has 1 aromatic carbocycles. The molecule has 2 aliphatic heterocycles. The third kappa shape index (κ3) is 4.59. The van der Waals surface area contributed by atoms with Crippen molar-refractivity contribution in [1.82, 2.24) is 0 Å². The lowest BCUT2D eigenvalue weighted by atomic mass is 10.2. The first kappa shape index (κ1) is 20.9. The van der Waals surface area contributed by atoms with E-state index >= 15 is 0 Å². The van der Waals surface area contributed by atoms with Crippen LogP contribution in [0.1, 0.15) is 0 Å². The van der Waals surface area contributed by atoms with Crippen LogP contribution in [0.5, 0.6) is 5.75 Å². The lowest BCUT2D eigenvalue weighted by Crippen LogP contribution is -2.37. The van der Waals surface area contributed by atoms with Gasteiger partial charge in [-0.15, -0.1) is 0 Å². The number of carboxylic acid groups (broad SMARTS) is 1. The number of anilines is 1. The van der Waals surface area contributed by atoms with E-state index in [2.05, 4.69) is 4.99 Å². The maximum absolute atomic E-state index is 12.1. The van der Waals surface area contributed by atoms with Crippen LogP contribution in [-0.2, 0) is 24.2 Å². The van der Waals surface area contributed by atoms with Crippen molar-refractivity contribution < 1.29 is 32.6 Å². The van der Waals surface area contributed by atoms with Gasteiger partial charge in [0, 0.05) is 10.9 Å². The number of carbonyl (C=O) groups excluding carboxylic acids is 1. The number of amidine groups is 1. The number of hydrogen-bond acceptors (Lipinski definition) is 7. The average molecular weight is 449 g/mol.